The number of benzene rings is 1. The largest absolute Gasteiger partial charge is 0.726 e. The summed E-state index contributed by atoms with van der Waals surface area (Å²) in [5.74, 6) is 0. The number of hydrogen-bond acceptors (Lipinski definition) is 12. The maximum absolute atomic E-state index is 11.3. The third kappa shape index (κ3) is 6.32. The van der Waals surface area contributed by atoms with Gasteiger partial charge < -0.3 is 9.45 Å². The lowest BCUT2D eigenvalue weighted by Gasteiger charge is -2.19. The van der Waals surface area contributed by atoms with Crippen molar-refractivity contribution in [3.8, 4) is 0 Å². The van der Waals surface area contributed by atoms with Crippen molar-refractivity contribution in [2.75, 3.05) is 25.1 Å². The first-order chi connectivity index (χ1) is 11.8. The van der Waals surface area contributed by atoms with Crippen LogP contribution in [0.25, 0.3) is 0 Å². The Morgan fingerprint density at radius 3 is 2.69 bits per heavy atom. The molecule has 2 rings (SSSR count). The normalized spacial score (nSPS) is 11.3. The summed E-state index contributed by atoms with van der Waals surface area (Å²) >= 11 is 1.16. The van der Waals surface area contributed by atoms with Crippen LogP contribution in [-0.4, -0.2) is 48.3 Å². The lowest BCUT2D eigenvalue weighted by atomic mass is 10.2. The number of likely N-dealkylation sites (N-methyl/N-ethyl adjacent to an activating group) is 1. The fourth-order valence-electron chi connectivity index (χ4n) is 1.75. The van der Waals surface area contributed by atoms with E-state index in [4.69, 9.17) is 0 Å². The standard InChI is InChI=1S/C11H12N6O6S2.CH3/c1-16(4-5-23-25(20,21)22)9-3-2-8(6-10(9)17(18)19)13-15-11-14-12-7-24-11;/h2-3,6-7H,4-5H2,1H3,(H,20,21,22);1H3/q;+1/p-1. The molecule has 0 saturated heterocycles. The van der Waals surface area contributed by atoms with Crippen LogP contribution >= 0.6 is 11.3 Å². The van der Waals surface area contributed by atoms with Crippen LogP contribution in [0.3, 0.4) is 0 Å². The molecular weight excluding hydrogens is 388 g/mol. The maximum atomic E-state index is 11.3. The topological polar surface area (TPSA) is 163 Å². The van der Waals surface area contributed by atoms with Crippen molar-refractivity contribution < 1.29 is 22.1 Å². The molecule has 1 heterocycles. The van der Waals surface area contributed by atoms with E-state index in [2.05, 4.69) is 24.6 Å². The van der Waals surface area contributed by atoms with Gasteiger partial charge in [-0.25, -0.2) is 8.42 Å². The highest BCUT2D eigenvalue weighted by atomic mass is 32.3. The molecule has 0 spiro atoms. The van der Waals surface area contributed by atoms with Gasteiger partial charge in [0.15, 0.2) is 0 Å². The first-order valence-electron chi connectivity index (χ1n) is 6.54. The van der Waals surface area contributed by atoms with Crippen molar-refractivity contribution >= 4 is 43.9 Å². The van der Waals surface area contributed by atoms with Gasteiger partial charge in [0.1, 0.15) is 11.2 Å². The smallest absolute Gasteiger partial charge is 0.294 e. The molecule has 0 aliphatic carbocycles. The number of nitrogens with zero attached hydrogens (tertiary/aromatic N) is 6. The Morgan fingerprint density at radius 2 is 2.12 bits per heavy atom. The fourth-order valence-corrected chi connectivity index (χ4v) is 2.40. The molecule has 0 radical (unpaired) electrons. The monoisotopic (exact) mass is 402 g/mol. The molecule has 26 heavy (non-hydrogen) atoms. The molecule has 2 aromatic rings. The highest BCUT2D eigenvalue weighted by molar-refractivity contribution is 7.80. The van der Waals surface area contributed by atoms with Crippen LogP contribution in [0.2, 0.25) is 0 Å². The highest BCUT2D eigenvalue weighted by Gasteiger charge is 2.18. The van der Waals surface area contributed by atoms with E-state index < -0.39 is 21.9 Å². The minimum atomic E-state index is -4.81. The van der Waals surface area contributed by atoms with Crippen LogP contribution in [0, 0.1) is 17.5 Å². The predicted molar refractivity (Wildman–Crippen MR) is 92.5 cm³/mol. The SMILES string of the molecule is CN(CCOS(=O)(=O)[O-])c1ccc(N=Nc2nncs2)cc1[N+](=O)[O-].[CH3+]. The van der Waals surface area contributed by atoms with Gasteiger partial charge in [0.2, 0.25) is 10.4 Å². The van der Waals surface area contributed by atoms with Gasteiger partial charge in [-0.2, -0.15) is 0 Å². The zero-order chi connectivity index (χ0) is 18.4. The zero-order valence-corrected chi connectivity index (χ0v) is 15.3. The second kappa shape index (κ2) is 9.14. The van der Waals surface area contributed by atoms with Crippen LogP contribution in [0.15, 0.2) is 33.9 Å². The molecule has 0 N–H and O–H groups in total. The molecule has 0 atom stereocenters. The second-order valence-electron chi connectivity index (χ2n) is 4.50. The zero-order valence-electron chi connectivity index (χ0n) is 13.7. The summed E-state index contributed by atoms with van der Waals surface area (Å²) in [5, 5.41) is 26.5. The fraction of sp³-hybridized carbons (Fsp3) is 0.250. The van der Waals surface area contributed by atoms with Crippen LogP contribution in [0.4, 0.5) is 22.2 Å². The number of aromatic nitrogens is 2. The highest BCUT2D eigenvalue weighted by Crippen LogP contribution is 2.32. The molecule has 14 heteroatoms. The lowest BCUT2D eigenvalue weighted by Crippen LogP contribution is -2.24. The van der Waals surface area contributed by atoms with E-state index in [0.29, 0.717) is 5.13 Å². The lowest BCUT2D eigenvalue weighted by molar-refractivity contribution is -0.384. The third-order valence-electron chi connectivity index (χ3n) is 2.82. The van der Waals surface area contributed by atoms with Crippen LogP contribution in [-0.2, 0) is 14.6 Å². The third-order valence-corrected chi connectivity index (χ3v) is 3.85. The molecule has 0 unspecified atom stereocenters. The summed E-state index contributed by atoms with van der Waals surface area (Å²) in [6, 6.07) is 4.13. The molecule has 0 bridgehead atoms. The number of azo groups is 1. The van der Waals surface area contributed by atoms with E-state index in [9.17, 15) is 23.1 Å². The Bertz CT molecular complexity index is 870. The van der Waals surface area contributed by atoms with E-state index in [1.54, 1.807) is 0 Å². The van der Waals surface area contributed by atoms with Gasteiger partial charge in [0, 0.05) is 27.1 Å². The molecular formula is C12H14N6O6S2. The first kappa shape index (κ1) is 21.4. The Morgan fingerprint density at radius 1 is 1.38 bits per heavy atom. The van der Waals surface area contributed by atoms with Gasteiger partial charge in [-0.15, -0.1) is 20.4 Å². The van der Waals surface area contributed by atoms with E-state index in [0.717, 1.165) is 11.3 Å². The quantitative estimate of drug-likeness (QED) is 0.161. The predicted octanol–water partition coefficient (Wildman–Crippen LogP) is 2.22. The van der Waals surface area contributed by atoms with Crippen molar-refractivity contribution in [3.63, 3.8) is 0 Å². The van der Waals surface area contributed by atoms with Crippen molar-refractivity contribution in [1.29, 1.82) is 0 Å². The second-order valence-corrected chi connectivity index (χ2v) is 6.37. The number of nitro benzene ring substituents is 1. The Balaban J connectivity index is 0.00000338. The van der Waals surface area contributed by atoms with Gasteiger partial charge in [-0.3, -0.25) is 14.3 Å². The van der Waals surface area contributed by atoms with E-state index in [-0.39, 0.29) is 31.0 Å². The maximum Gasteiger partial charge on any atom is 0.294 e. The van der Waals surface area contributed by atoms with Gasteiger partial charge in [0.25, 0.3) is 10.8 Å². The number of anilines is 1. The summed E-state index contributed by atoms with van der Waals surface area (Å²) in [6.07, 6.45) is 0. The van der Waals surface area contributed by atoms with E-state index >= 15 is 0 Å². The summed E-state index contributed by atoms with van der Waals surface area (Å²) in [6.45, 7) is -0.480. The van der Waals surface area contributed by atoms with Crippen molar-refractivity contribution in [1.82, 2.24) is 10.2 Å². The Kier molecular flexibility index (Phi) is 7.51. The van der Waals surface area contributed by atoms with Crippen molar-refractivity contribution in [2.45, 2.75) is 0 Å². The summed E-state index contributed by atoms with van der Waals surface area (Å²) < 4.78 is 35.3. The average molecular weight is 402 g/mol. The molecule has 140 valence electrons. The molecule has 0 fully saturated rings. The van der Waals surface area contributed by atoms with Gasteiger partial charge in [0.05, 0.1) is 17.2 Å². The number of hydrogen-bond donors (Lipinski definition) is 0. The van der Waals surface area contributed by atoms with Crippen LogP contribution in [0.5, 0.6) is 0 Å². The molecule has 0 amide bonds. The van der Waals surface area contributed by atoms with E-state index in [1.165, 1.54) is 35.7 Å². The molecule has 12 nitrogen and oxygen atoms in total. The van der Waals surface area contributed by atoms with Crippen LogP contribution in [0.1, 0.15) is 0 Å². The summed E-state index contributed by atoms with van der Waals surface area (Å²) in [5.41, 5.74) is 1.64. The van der Waals surface area contributed by atoms with Gasteiger partial charge >= 0.3 is 0 Å². The average Bonchev–Trinajstić information content (AvgIpc) is 3.04. The number of nitro groups is 1. The van der Waals surface area contributed by atoms with Crippen LogP contribution < -0.4 is 4.90 Å². The van der Waals surface area contributed by atoms with Gasteiger partial charge in [-0.05, 0) is 12.1 Å². The minimum absolute atomic E-state index is 0. The van der Waals surface area contributed by atoms with Crippen molar-refractivity contribution in [3.05, 3.63) is 41.3 Å². The van der Waals surface area contributed by atoms with Gasteiger partial charge in [-0.1, -0.05) is 11.3 Å². The Hall–Kier alpha value is -2.68. The summed E-state index contributed by atoms with van der Waals surface area (Å²) in [7, 11) is -3.32. The van der Waals surface area contributed by atoms with Crippen molar-refractivity contribution in [2.24, 2.45) is 10.2 Å². The molecule has 1 aromatic carbocycles. The summed E-state index contributed by atoms with van der Waals surface area (Å²) in [4.78, 5) is 12.0. The Labute approximate surface area is 153 Å². The molecule has 0 saturated carbocycles. The molecule has 0 aliphatic heterocycles. The minimum Gasteiger partial charge on any atom is -0.726 e. The first-order valence-corrected chi connectivity index (χ1v) is 8.75. The number of rotatable bonds is 8. The van der Waals surface area contributed by atoms with E-state index in [1.807, 2.05) is 0 Å². The molecule has 1 aromatic heterocycles. The molecule has 0 aliphatic rings.